The van der Waals surface area contributed by atoms with Crippen LogP contribution in [0.4, 0.5) is 4.39 Å². The molecule has 0 spiro atoms. The van der Waals surface area contributed by atoms with E-state index in [1.807, 2.05) is 20.8 Å². The fraction of sp³-hybridized carbons (Fsp3) is 0.591. The number of halogens is 1. The molecule has 2 amide bonds. The van der Waals surface area contributed by atoms with Gasteiger partial charge in [0.25, 0.3) is 5.95 Å². The Morgan fingerprint density at radius 2 is 2.15 bits per heavy atom. The molecule has 2 aromatic rings. The van der Waals surface area contributed by atoms with Crippen molar-refractivity contribution in [2.45, 2.75) is 58.2 Å². The van der Waals surface area contributed by atoms with Gasteiger partial charge in [-0.05, 0) is 30.4 Å². The third kappa shape index (κ3) is 5.84. The number of aliphatic hydroxyl groups is 1. The Morgan fingerprint density at radius 1 is 1.39 bits per heavy atom. The van der Waals surface area contributed by atoms with E-state index in [4.69, 9.17) is 4.74 Å². The largest absolute Gasteiger partial charge is 0.489 e. The van der Waals surface area contributed by atoms with Crippen LogP contribution in [0.15, 0.2) is 24.5 Å². The first kappa shape index (κ1) is 24.6. The molecule has 33 heavy (non-hydrogen) atoms. The average molecular weight is 463 g/mol. The molecule has 11 heteroatoms. The number of aryl methyl sites for hydroxylation is 1. The molecule has 0 saturated carbocycles. The van der Waals surface area contributed by atoms with Gasteiger partial charge in [0, 0.05) is 32.4 Å². The predicted molar refractivity (Wildman–Crippen MR) is 117 cm³/mol. The van der Waals surface area contributed by atoms with Crippen LogP contribution in [0.5, 0.6) is 5.75 Å². The predicted octanol–water partition coefficient (Wildman–Crippen LogP) is 1.12. The third-order valence-electron chi connectivity index (χ3n) is 5.55. The maximum Gasteiger partial charge on any atom is 0.255 e. The molecule has 3 heterocycles. The fourth-order valence-corrected chi connectivity index (χ4v) is 3.98. The molecule has 1 fully saturated rings. The van der Waals surface area contributed by atoms with Crippen LogP contribution in [0.1, 0.15) is 45.3 Å². The minimum atomic E-state index is -0.757. The van der Waals surface area contributed by atoms with Crippen molar-refractivity contribution >= 4 is 11.8 Å². The van der Waals surface area contributed by atoms with Gasteiger partial charge in [-0.2, -0.15) is 4.39 Å². The normalized spacial score (nSPS) is 19.4. The molecular weight excluding hydrogens is 431 g/mol. The van der Waals surface area contributed by atoms with Crippen LogP contribution in [0.2, 0.25) is 0 Å². The summed E-state index contributed by atoms with van der Waals surface area (Å²) >= 11 is 0. The molecule has 0 aromatic carbocycles. The van der Waals surface area contributed by atoms with Crippen LogP contribution < -0.4 is 10.1 Å². The molecule has 1 saturated heterocycles. The van der Waals surface area contributed by atoms with Gasteiger partial charge in [0.2, 0.25) is 11.8 Å². The molecular formula is C22H31FN6O4. The third-order valence-corrected chi connectivity index (χ3v) is 5.55. The van der Waals surface area contributed by atoms with Crippen LogP contribution in [-0.4, -0.2) is 74.1 Å². The molecule has 1 aliphatic rings. The van der Waals surface area contributed by atoms with Gasteiger partial charge in [-0.1, -0.05) is 26.0 Å². The molecule has 180 valence electrons. The Hall–Kier alpha value is -3.08. The summed E-state index contributed by atoms with van der Waals surface area (Å²) in [7, 11) is 1.51. The zero-order valence-electron chi connectivity index (χ0n) is 19.4. The van der Waals surface area contributed by atoms with Crippen LogP contribution in [-0.2, 0) is 16.0 Å². The second-order valence-electron chi connectivity index (χ2n) is 9.21. The second-order valence-corrected chi connectivity index (χ2v) is 9.21. The van der Waals surface area contributed by atoms with Gasteiger partial charge in [-0.15, -0.1) is 5.10 Å². The van der Waals surface area contributed by atoms with Gasteiger partial charge in [0.15, 0.2) is 5.75 Å². The highest BCUT2D eigenvalue weighted by Crippen LogP contribution is 2.34. The van der Waals surface area contributed by atoms with Crippen molar-refractivity contribution < 1.29 is 23.8 Å². The van der Waals surface area contributed by atoms with Gasteiger partial charge in [-0.25, -0.2) is 9.67 Å². The summed E-state index contributed by atoms with van der Waals surface area (Å²) in [6.45, 7) is 6.10. The van der Waals surface area contributed by atoms with Crippen LogP contribution >= 0.6 is 0 Å². The number of carbonyl (C=O) groups excluding carboxylic acids is 2. The van der Waals surface area contributed by atoms with Gasteiger partial charge < -0.3 is 20.1 Å². The monoisotopic (exact) mass is 462 g/mol. The van der Waals surface area contributed by atoms with Crippen molar-refractivity contribution in [1.29, 1.82) is 0 Å². The molecule has 3 atom stereocenters. The van der Waals surface area contributed by atoms with Crippen LogP contribution in [0, 0.1) is 11.4 Å². The van der Waals surface area contributed by atoms with Crippen molar-refractivity contribution in [2.24, 2.45) is 5.41 Å². The van der Waals surface area contributed by atoms with Crippen molar-refractivity contribution in [3.63, 3.8) is 0 Å². The number of ether oxygens (including phenoxy) is 1. The van der Waals surface area contributed by atoms with E-state index in [2.05, 4.69) is 20.6 Å². The van der Waals surface area contributed by atoms with Crippen LogP contribution in [0.25, 0.3) is 0 Å². The molecule has 2 N–H and O–H groups in total. The van der Waals surface area contributed by atoms with Crippen molar-refractivity contribution in [3.05, 3.63) is 36.2 Å². The zero-order chi connectivity index (χ0) is 24.2. The lowest BCUT2D eigenvalue weighted by atomic mass is 9.85. The summed E-state index contributed by atoms with van der Waals surface area (Å²) in [6, 6.07) is 1.67. The average Bonchev–Trinajstić information content (AvgIpc) is 3.37. The number of rotatable bonds is 8. The SMILES string of the molecule is CNC(=O)C1CC(O)CN1C(=O)[C@@H](n1cc(CCCOc2cccnc2F)nn1)C(C)(C)C. The Morgan fingerprint density at radius 3 is 2.82 bits per heavy atom. The number of hydrogen-bond donors (Lipinski definition) is 2. The van der Waals surface area contributed by atoms with Gasteiger partial charge >= 0.3 is 0 Å². The lowest BCUT2D eigenvalue weighted by Crippen LogP contribution is -2.49. The standard InChI is InChI=1S/C22H31FN6O4/c1-22(2,3)18(21(32)28-13-15(30)11-16(28)20(31)24-4)29-12-14(26-27-29)7-6-10-33-17-8-5-9-25-19(17)23/h5,8-9,12,15-16,18,30H,6-7,10-11,13H2,1-4H3,(H,24,31)/t15?,16?,18-/m1/s1. The van der Waals surface area contributed by atoms with E-state index >= 15 is 0 Å². The number of aromatic nitrogens is 4. The molecule has 2 unspecified atom stereocenters. The molecule has 0 aliphatic carbocycles. The fourth-order valence-electron chi connectivity index (χ4n) is 3.98. The number of likely N-dealkylation sites (tertiary alicyclic amines) is 1. The lowest BCUT2D eigenvalue weighted by molar-refractivity contribution is -0.144. The summed E-state index contributed by atoms with van der Waals surface area (Å²) in [5.41, 5.74) is 0.140. The minimum Gasteiger partial charge on any atom is -0.489 e. The summed E-state index contributed by atoms with van der Waals surface area (Å²) < 4.78 is 20.5. The van der Waals surface area contributed by atoms with E-state index in [9.17, 15) is 19.1 Å². The number of amides is 2. The first-order chi connectivity index (χ1) is 15.6. The van der Waals surface area contributed by atoms with Gasteiger partial charge in [0.05, 0.1) is 18.4 Å². The Labute approximate surface area is 192 Å². The molecule has 10 nitrogen and oxygen atoms in total. The van der Waals surface area contributed by atoms with Gasteiger partial charge in [0.1, 0.15) is 12.1 Å². The van der Waals surface area contributed by atoms with Crippen molar-refractivity contribution in [1.82, 2.24) is 30.2 Å². The number of nitrogens with zero attached hydrogens (tertiary/aromatic N) is 5. The highest BCUT2D eigenvalue weighted by molar-refractivity contribution is 5.90. The maximum atomic E-state index is 13.5. The Bertz CT molecular complexity index is 976. The Balaban J connectivity index is 1.68. The van der Waals surface area contributed by atoms with E-state index < -0.39 is 29.6 Å². The van der Waals surface area contributed by atoms with E-state index in [0.29, 0.717) is 18.5 Å². The number of likely N-dealkylation sites (N-methyl/N-ethyl adjacent to an activating group) is 1. The first-order valence-corrected chi connectivity index (χ1v) is 11.0. The van der Waals surface area contributed by atoms with E-state index in [0.717, 1.165) is 0 Å². The Kier molecular flexibility index (Phi) is 7.62. The summed E-state index contributed by atoms with van der Waals surface area (Å²) in [6.07, 6.45) is 3.59. The smallest absolute Gasteiger partial charge is 0.255 e. The van der Waals surface area contributed by atoms with E-state index in [1.54, 1.807) is 12.3 Å². The highest BCUT2D eigenvalue weighted by Gasteiger charge is 2.44. The number of hydrogen-bond acceptors (Lipinski definition) is 7. The summed E-state index contributed by atoms with van der Waals surface area (Å²) in [4.78, 5) is 30.8. The molecule has 0 bridgehead atoms. The number of aliphatic hydroxyl groups excluding tert-OH is 1. The second kappa shape index (κ2) is 10.2. The summed E-state index contributed by atoms with van der Waals surface area (Å²) in [5.74, 6) is -1.16. The summed E-state index contributed by atoms with van der Waals surface area (Å²) in [5, 5.41) is 21.0. The number of nitrogens with one attached hydrogen (secondary N) is 1. The zero-order valence-corrected chi connectivity index (χ0v) is 19.4. The molecule has 3 rings (SSSR count). The highest BCUT2D eigenvalue weighted by atomic mass is 19.1. The molecule has 2 aromatic heterocycles. The topological polar surface area (TPSA) is 122 Å². The number of carbonyl (C=O) groups is 2. The molecule has 1 aliphatic heterocycles. The molecule has 0 radical (unpaired) electrons. The van der Waals surface area contributed by atoms with Gasteiger partial charge in [-0.3, -0.25) is 9.59 Å². The van der Waals surface area contributed by atoms with E-state index in [-0.39, 0.29) is 37.1 Å². The minimum absolute atomic E-state index is 0.0906. The maximum absolute atomic E-state index is 13.5. The number of β-amino-alcohol motifs (C(OH)–C–C–N with tert-alkyl or cyclic N) is 1. The van der Waals surface area contributed by atoms with E-state index in [1.165, 1.54) is 28.9 Å². The van der Waals surface area contributed by atoms with Crippen molar-refractivity contribution in [3.8, 4) is 5.75 Å². The lowest BCUT2D eigenvalue weighted by Gasteiger charge is -2.34. The van der Waals surface area contributed by atoms with Crippen molar-refractivity contribution in [2.75, 3.05) is 20.2 Å². The quantitative estimate of drug-likeness (QED) is 0.445. The number of pyridine rings is 1. The van der Waals surface area contributed by atoms with Crippen LogP contribution in [0.3, 0.4) is 0 Å². The first-order valence-electron chi connectivity index (χ1n) is 11.0.